The Balaban J connectivity index is 1.52. The van der Waals surface area contributed by atoms with Gasteiger partial charge in [-0.05, 0) is 49.2 Å². The van der Waals surface area contributed by atoms with Crippen molar-refractivity contribution in [3.05, 3.63) is 69.8 Å². The standard InChI is InChI=1S/C24H28N4O4S/c1-4-27(5-2)33(31,32)19-11-8-17(9-12-19)16(3)25-23(29)18-10-13-20-21(15-18)26-22-7-6-14-28(22)24(20)30/h8-13,15-16H,4-7,14H2,1-3H3,(H,25,29)/t16-/m0/s1. The number of carbonyl (C=O) groups excluding carboxylic acids is 1. The van der Waals surface area contributed by atoms with E-state index in [9.17, 15) is 18.0 Å². The summed E-state index contributed by atoms with van der Waals surface area (Å²) >= 11 is 0. The van der Waals surface area contributed by atoms with Crippen molar-refractivity contribution in [2.75, 3.05) is 13.1 Å². The van der Waals surface area contributed by atoms with Gasteiger partial charge in [0.1, 0.15) is 5.82 Å². The van der Waals surface area contributed by atoms with Gasteiger partial charge in [0.25, 0.3) is 11.5 Å². The Bertz CT molecular complexity index is 1360. The van der Waals surface area contributed by atoms with E-state index in [-0.39, 0.29) is 22.4 Å². The summed E-state index contributed by atoms with van der Waals surface area (Å²) in [6, 6.07) is 11.2. The number of carbonyl (C=O) groups is 1. The number of hydrogen-bond donors (Lipinski definition) is 1. The summed E-state index contributed by atoms with van der Waals surface area (Å²) in [5, 5.41) is 3.45. The van der Waals surface area contributed by atoms with Crippen LogP contribution in [0.15, 0.2) is 52.2 Å². The molecule has 4 rings (SSSR count). The quantitative estimate of drug-likeness (QED) is 0.575. The van der Waals surface area contributed by atoms with E-state index < -0.39 is 10.0 Å². The van der Waals surface area contributed by atoms with Crippen molar-refractivity contribution >= 4 is 26.8 Å². The van der Waals surface area contributed by atoms with Crippen LogP contribution in [0.25, 0.3) is 10.9 Å². The molecule has 0 saturated carbocycles. The second kappa shape index (κ2) is 9.07. The average molecular weight is 469 g/mol. The highest BCUT2D eigenvalue weighted by molar-refractivity contribution is 7.89. The first kappa shape index (κ1) is 23.1. The minimum absolute atomic E-state index is 0.0624. The lowest BCUT2D eigenvalue weighted by Gasteiger charge is -2.19. The number of aryl methyl sites for hydroxylation is 1. The molecule has 1 aliphatic heterocycles. The minimum atomic E-state index is -3.53. The van der Waals surface area contributed by atoms with Crippen LogP contribution in [0.2, 0.25) is 0 Å². The lowest BCUT2D eigenvalue weighted by Crippen LogP contribution is -2.30. The SMILES string of the molecule is CCN(CC)S(=O)(=O)c1ccc([C@H](C)NC(=O)c2ccc3c(=O)n4c(nc3c2)CCC4)cc1. The van der Waals surface area contributed by atoms with Crippen LogP contribution in [-0.4, -0.2) is 41.3 Å². The predicted molar refractivity (Wildman–Crippen MR) is 127 cm³/mol. The van der Waals surface area contributed by atoms with Crippen LogP contribution in [0.4, 0.5) is 0 Å². The van der Waals surface area contributed by atoms with Gasteiger partial charge in [-0.2, -0.15) is 4.31 Å². The Morgan fingerprint density at radius 3 is 2.52 bits per heavy atom. The van der Waals surface area contributed by atoms with Crippen molar-refractivity contribution in [1.82, 2.24) is 19.2 Å². The Morgan fingerprint density at radius 2 is 1.85 bits per heavy atom. The van der Waals surface area contributed by atoms with E-state index in [4.69, 9.17) is 0 Å². The molecule has 1 atom stereocenters. The third kappa shape index (κ3) is 4.30. The van der Waals surface area contributed by atoms with Gasteiger partial charge in [0.05, 0.1) is 21.8 Å². The monoisotopic (exact) mass is 468 g/mol. The number of nitrogens with one attached hydrogen (secondary N) is 1. The van der Waals surface area contributed by atoms with E-state index in [1.165, 1.54) is 4.31 Å². The van der Waals surface area contributed by atoms with Crippen molar-refractivity contribution in [1.29, 1.82) is 0 Å². The Hall–Kier alpha value is -3.04. The zero-order valence-corrected chi connectivity index (χ0v) is 19.9. The molecule has 0 spiro atoms. The number of nitrogens with zero attached hydrogens (tertiary/aromatic N) is 3. The molecule has 1 aliphatic rings. The van der Waals surface area contributed by atoms with Crippen LogP contribution in [0.1, 0.15) is 55.0 Å². The van der Waals surface area contributed by atoms with Crippen molar-refractivity contribution < 1.29 is 13.2 Å². The van der Waals surface area contributed by atoms with Gasteiger partial charge in [0.2, 0.25) is 10.0 Å². The minimum Gasteiger partial charge on any atom is -0.346 e. The van der Waals surface area contributed by atoms with Gasteiger partial charge in [-0.15, -0.1) is 0 Å². The van der Waals surface area contributed by atoms with Crippen LogP contribution in [0, 0.1) is 0 Å². The molecule has 0 aliphatic carbocycles. The largest absolute Gasteiger partial charge is 0.346 e. The lowest BCUT2D eigenvalue weighted by molar-refractivity contribution is 0.0940. The number of benzene rings is 2. The number of amides is 1. The molecule has 174 valence electrons. The van der Waals surface area contributed by atoms with Gasteiger partial charge in [0, 0.05) is 31.6 Å². The van der Waals surface area contributed by atoms with Crippen LogP contribution < -0.4 is 10.9 Å². The van der Waals surface area contributed by atoms with Gasteiger partial charge in [-0.1, -0.05) is 26.0 Å². The molecule has 33 heavy (non-hydrogen) atoms. The number of fused-ring (bicyclic) bond motifs is 2. The second-order valence-corrected chi connectivity index (χ2v) is 10.1. The highest BCUT2D eigenvalue weighted by Gasteiger charge is 2.22. The van der Waals surface area contributed by atoms with Gasteiger partial charge < -0.3 is 5.32 Å². The van der Waals surface area contributed by atoms with Crippen LogP contribution in [0.3, 0.4) is 0 Å². The maximum atomic E-state index is 12.9. The summed E-state index contributed by atoms with van der Waals surface area (Å²) < 4.78 is 28.4. The first-order chi connectivity index (χ1) is 15.8. The number of hydrogen-bond acceptors (Lipinski definition) is 5. The summed E-state index contributed by atoms with van der Waals surface area (Å²) in [5.41, 5.74) is 1.67. The lowest BCUT2D eigenvalue weighted by atomic mass is 10.1. The van der Waals surface area contributed by atoms with Crippen molar-refractivity contribution in [2.24, 2.45) is 0 Å². The van der Waals surface area contributed by atoms with E-state index in [0.717, 1.165) is 24.2 Å². The molecule has 0 unspecified atom stereocenters. The fourth-order valence-electron chi connectivity index (χ4n) is 4.23. The fraction of sp³-hybridized carbons (Fsp3) is 0.375. The molecule has 1 aromatic heterocycles. The topological polar surface area (TPSA) is 101 Å². The second-order valence-electron chi connectivity index (χ2n) is 8.17. The molecular formula is C24H28N4O4S. The molecular weight excluding hydrogens is 440 g/mol. The van der Waals surface area contributed by atoms with Gasteiger partial charge >= 0.3 is 0 Å². The third-order valence-electron chi connectivity index (χ3n) is 6.15. The van der Waals surface area contributed by atoms with Crippen molar-refractivity contribution in [3.8, 4) is 0 Å². The van der Waals surface area contributed by atoms with E-state index in [1.54, 1.807) is 60.9 Å². The highest BCUT2D eigenvalue weighted by Crippen LogP contribution is 2.21. The third-order valence-corrected chi connectivity index (χ3v) is 8.21. The Labute approximate surface area is 193 Å². The maximum absolute atomic E-state index is 12.9. The van der Waals surface area contributed by atoms with Gasteiger partial charge in [0.15, 0.2) is 0 Å². The Morgan fingerprint density at radius 1 is 1.15 bits per heavy atom. The molecule has 0 fully saturated rings. The summed E-state index contributed by atoms with van der Waals surface area (Å²) in [6.45, 7) is 6.95. The number of rotatable bonds is 7. The van der Waals surface area contributed by atoms with Crippen LogP contribution in [-0.2, 0) is 23.0 Å². The van der Waals surface area contributed by atoms with E-state index in [2.05, 4.69) is 10.3 Å². The number of sulfonamides is 1. The van der Waals surface area contributed by atoms with Crippen molar-refractivity contribution in [3.63, 3.8) is 0 Å². The molecule has 1 amide bonds. The molecule has 2 heterocycles. The molecule has 9 heteroatoms. The molecule has 2 aromatic carbocycles. The fourth-order valence-corrected chi connectivity index (χ4v) is 5.69. The molecule has 0 saturated heterocycles. The van der Waals surface area contributed by atoms with E-state index >= 15 is 0 Å². The average Bonchev–Trinajstić information content (AvgIpc) is 3.28. The van der Waals surface area contributed by atoms with E-state index in [1.807, 2.05) is 6.92 Å². The van der Waals surface area contributed by atoms with E-state index in [0.29, 0.717) is 36.1 Å². The predicted octanol–water partition coefficient (Wildman–Crippen LogP) is 2.86. The summed E-state index contributed by atoms with van der Waals surface area (Å²) in [4.78, 5) is 30.3. The van der Waals surface area contributed by atoms with Crippen molar-refractivity contribution in [2.45, 2.75) is 51.1 Å². The molecule has 8 nitrogen and oxygen atoms in total. The smallest absolute Gasteiger partial charge is 0.261 e. The zero-order valence-electron chi connectivity index (χ0n) is 19.0. The van der Waals surface area contributed by atoms with Crippen LogP contribution >= 0.6 is 0 Å². The summed E-state index contributed by atoms with van der Waals surface area (Å²) in [7, 11) is -3.53. The summed E-state index contributed by atoms with van der Waals surface area (Å²) in [5.74, 6) is 0.477. The van der Waals surface area contributed by atoms with Crippen LogP contribution in [0.5, 0.6) is 0 Å². The first-order valence-corrected chi connectivity index (χ1v) is 12.6. The normalized spacial score (nSPS) is 14.4. The Kier molecular flexibility index (Phi) is 6.36. The molecule has 0 bridgehead atoms. The molecule has 3 aromatic rings. The maximum Gasteiger partial charge on any atom is 0.261 e. The van der Waals surface area contributed by atoms with Gasteiger partial charge in [-0.25, -0.2) is 13.4 Å². The molecule has 0 radical (unpaired) electrons. The molecule has 1 N–H and O–H groups in total. The number of aromatic nitrogens is 2. The van der Waals surface area contributed by atoms with Gasteiger partial charge in [-0.3, -0.25) is 14.2 Å². The zero-order chi connectivity index (χ0) is 23.8. The first-order valence-electron chi connectivity index (χ1n) is 11.2. The highest BCUT2D eigenvalue weighted by atomic mass is 32.2. The summed E-state index contributed by atoms with van der Waals surface area (Å²) in [6.07, 6.45) is 1.66.